The molecule has 0 radical (unpaired) electrons. The third kappa shape index (κ3) is 9.19. The van der Waals surface area contributed by atoms with Gasteiger partial charge in [0.1, 0.15) is 9.84 Å². The van der Waals surface area contributed by atoms with Crippen molar-refractivity contribution in [1.82, 2.24) is 0 Å². The minimum absolute atomic E-state index is 0.127. The van der Waals surface area contributed by atoms with Gasteiger partial charge in [-0.25, -0.2) is 8.42 Å². The van der Waals surface area contributed by atoms with Crippen molar-refractivity contribution in [1.29, 1.82) is 0 Å². The Morgan fingerprint density at radius 2 is 1.80 bits per heavy atom. The Kier molecular flexibility index (Phi) is 7.62. The number of sulfone groups is 1. The molecule has 0 amide bonds. The van der Waals surface area contributed by atoms with E-state index in [0.29, 0.717) is 30.3 Å². The van der Waals surface area contributed by atoms with E-state index >= 15 is 0 Å². The van der Waals surface area contributed by atoms with Gasteiger partial charge < -0.3 is 0 Å². The van der Waals surface area contributed by atoms with E-state index in [2.05, 4.69) is 13.8 Å². The second kappa shape index (κ2) is 7.50. The zero-order valence-electron chi connectivity index (χ0n) is 10.0. The van der Waals surface area contributed by atoms with E-state index in [-0.39, 0.29) is 5.38 Å². The minimum atomic E-state index is -2.81. The van der Waals surface area contributed by atoms with E-state index < -0.39 is 9.84 Å². The normalized spacial score (nSPS) is 14.5. The molecule has 0 N–H and O–H groups in total. The predicted octanol–water partition coefficient (Wildman–Crippen LogP) is 3.24. The van der Waals surface area contributed by atoms with E-state index in [0.717, 1.165) is 12.8 Å². The van der Waals surface area contributed by atoms with Crippen LogP contribution in [0, 0.1) is 5.92 Å². The first-order chi connectivity index (χ1) is 6.87. The van der Waals surface area contributed by atoms with Gasteiger partial charge in [0.15, 0.2) is 0 Å². The molecule has 1 atom stereocenters. The van der Waals surface area contributed by atoms with Crippen molar-refractivity contribution < 1.29 is 8.42 Å². The average molecular weight is 255 g/mol. The van der Waals surface area contributed by atoms with Gasteiger partial charge in [-0.2, -0.15) is 0 Å². The number of hydrogen-bond donors (Lipinski definition) is 0. The first kappa shape index (κ1) is 15.2. The Morgan fingerprint density at radius 1 is 1.20 bits per heavy atom. The Labute approximate surface area is 99.3 Å². The molecule has 0 aromatic heterocycles. The molecule has 15 heavy (non-hydrogen) atoms. The topological polar surface area (TPSA) is 34.1 Å². The van der Waals surface area contributed by atoms with Crippen LogP contribution in [0.3, 0.4) is 0 Å². The van der Waals surface area contributed by atoms with Gasteiger partial charge in [0.05, 0.1) is 5.75 Å². The molecule has 0 aromatic carbocycles. The first-order valence-corrected chi connectivity index (χ1v) is 7.97. The zero-order valence-corrected chi connectivity index (χ0v) is 11.6. The van der Waals surface area contributed by atoms with Gasteiger partial charge in [-0.05, 0) is 31.6 Å². The summed E-state index contributed by atoms with van der Waals surface area (Å²) < 4.78 is 22.8. The highest BCUT2D eigenvalue weighted by Crippen LogP contribution is 2.16. The van der Waals surface area contributed by atoms with Crippen LogP contribution in [0.2, 0.25) is 0 Å². The molecule has 0 aromatic rings. The van der Waals surface area contributed by atoms with Gasteiger partial charge in [0, 0.05) is 11.1 Å². The van der Waals surface area contributed by atoms with Gasteiger partial charge in [-0.15, -0.1) is 11.6 Å². The minimum Gasteiger partial charge on any atom is -0.229 e. The highest BCUT2D eigenvalue weighted by Gasteiger charge is 2.12. The molecule has 92 valence electrons. The molecular weight excluding hydrogens is 232 g/mol. The summed E-state index contributed by atoms with van der Waals surface area (Å²) in [6.45, 7) is 6.15. The fraction of sp³-hybridized carbons (Fsp3) is 1.00. The number of alkyl halides is 1. The monoisotopic (exact) mass is 254 g/mol. The summed E-state index contributed by atoms with van der Waals surface area (Å²) in [7, 11) is -2.81. The van der Waals surface area contributed by atoms with Gasteiger partial charge in [-0.3, -0.25) is 0 Å². The second-order valence-corrected chi connectivity index (χ2v) is 7.44. The lowest BCUT2D eigenvalue weighted by Gasteiger charge is -2.11. The third-order valence-corrected chi connectivity index (χ3v) is 4.55. The quantitative estimate of drug-likeness (QED) is 0.623. The van der Waals surface area contributed by atoms with Crippen LogP contribution in [-0.2, 0) is 9.84 Å². The van der Waals surface area contributed by atoms with Gasteiger partial charge in [-0.1, -0.05) is 20.8 Å². The maximum atomic E-state index is 11.4. The largest absolute Gasteiger partial charge is 0.229 e. The van der Waals surface area contributed by atoms with Crippen LogP contribution in [0.15, 0.2) is 0 Å². The lowest BCUT2D eigenvalue weighted by molar-refractivity contribution is 0.538. The van der Waals surface area contributed by atoms with E-state index in [4.69, 9.17) is 11.6 Å². The molecule has 4 heteroatoms. The Bertz CT molecular complexity index is 247. The zero-order chi connectivity index (χ0) is 11.9. The summed E-state index contributed by atoms with van der Waals surface area (Å²) in [5, 5.41) is 0.127. The molecule has 0 aliphatic rings. The molecule has 0 rings (SSSR count). The van der Waals surface area contributed by atoms with Crippen LogP contribution in [-0.4, -0.2) is 25.3 Å². The van der Waals surface area contributed by atoms with Crippen molar-refractivity contribution in [2.45, 2.75) is 51.8 Å². The molecule has 0 heterocycles. The van der Waals surface area contributed by atoms with Crippen LogP contribution in [0.4, 0.5) is 0 Å². The maximum absolute atomic E-state index is 11.4. The standard InChI is InChI=1S/C11H23ClO2S/c1-4-7-15(13,14)8-5-6-11(12)9-10(2)3/h10-11H,4-9H2,1-3H3. The summed E-state index contributed by atoms with van der Waals surface area (Å²) in [6.07, 6.45) is 3.18. The molecule has 0 saturated carbocycles. The van der Waals surface area contributed by atoms with Gasteiger partial charge >= 0.3 is 0 Å². The van der Waals surface area contributed by atoms with Crippen molar-refractivity contribution in [3.05, 3.63) is 0 Å². The van der Waals surface area contributed by atoms with Gasteiger partial charge in [0.25, 0.3) is 0 Å². The third-order valence-electron chi connectivity index (χ3n) is 2.21. The van der Waals surface area contributed by atoms with Crippen molar-refractivity contribution in [2.24, 2.45) is 5.92 Å². The van der Waals surface area contributed by atoms with E-state index in [9.17, 15) is 8.42 Å². The molecule has 0 aliphatic heterocycles. The number of hydrogen-bond acceptors (Lipinski definition) is 2. The Morgan fingerprint density at radius 3 is 2.27 bits per heavy atom. The summed E-state index contributed by atoms with van der Waals surface area (Å²) in [5.74, 6) is 1.19. The molecule has 0 bridgehead atoms. The highest BCUT2D eigenvalue weighted by molar-refractivity contribution is 7.91. The Hall–Kier alpha value is 0.240. The summed E-state index contributed by atoms with van der Waals surface area (Å²) in [4.78, 5) is 0. The fourth-order valence-corrected chi connectivity index (χ4v) is 3.51. The molecule has 0 fully saturated rings. The van der Waals surface area contributed by atoms with E-state index in [1.54, 1.807) is 0 Å². The van der Waals surface area contributed by atoms with Crippen molar-refractivity contribution in [3.63, 3.8) is 0 Å². The summed E-state index contributed by atoms with van der Waals surface area (Å²) in [5.41, 5.74) is 0. The highest BCUT2D eigenvalue weighted by atomic mass is 35.5. The van der Waals surface area contributed by atoms with E-state index in [1.165, 1.54) is 0 Å². The van der Waals surface area contributed by atoms with E-state index in [1.807, 2.05) is 6.92 Å². The molecule has 2 nitrogen and oxygen atoms in total. The lowest BCUT2D eigenvalue weighted by Crippen LogP contribution is -2.12. The summed E-state index contributed by atoms with van der Waals surface area (Å²) in [6, 6.07) is 0. The first-order valence-electron chi connectivity index (χ1n) is 5.72. The van der Waals surface area contributed by atoms with Crippen LogP contribution < -0.4 is 0 Å². The van der Waals surface area contributed by atoms with Crippen molar-refractivity contribution in [3.8, 4) is 0 Å². The van der Waals surface area contributed by atoms with Crippen molar-refractivity contribution >= 4 is 21.4 Å². The van der Waals surface area contributed by atoms with Crippen LogP contribution in [0.5, 0.6) is 0 Å². The maximum Gasteiger partial charge on any atom is 0.150 e. The van der Waals surface area contributed by atoms with Crippen LogP contribution in [0.25, 0.3) is 0 Å². The van der Waals surface area contributed by atoms with Crippen LogP contribution in [0.1, 0.15) is 46.5 Å². The number of halogens is 1. The number of rotatable bonds is 8. The predicted molar refractivity (Wildman–Crippen MR) is 67.3 cm³/mol. The molecule has 1 unspecified atom stereocenters. The lowest BCUT2D eigenvalue weighted by atomic mass is 10.1. The molecular formula is C11H23ClO2S. The smallest absolute Gasteiger partial charge is 0.150 e. The molecule has 0 spiro atoms. The molecule has 0 aliphatic carbocycles. The summed E-state index contributed by atoms with van der Waals surface area (Å²) >= 11 is 6.09. The van der Waals surface area contributed by atoms with Gasteiger partial charge in [0.2, 0.25) is 0 Å². The second-order valence-electron chi connectivity index (χ2n) is 4.52. The van der Waals surface area contributed by atoms with Crippen LogP contribution >= 0.6 is 11.6 Å². The SMILES string of the molecule is CCCS(=O)(=O)CCCC(Cl)CC(C)C. The van der Waals surface area contributed by atoms with Crippen molar-refractivity contribution in [2.75, 3.05) is 11.5 Å². The Balaban J connectivity index is 3.70. The molecule has 0 saturated heterocycles. The average Bonchev–Trinajstić information content (AvgIpc) is 2.01. The fourth-order valence-electron chi connectivity index (χ4n) is 1.57.